The number of rotatable bonds is 5. The summed E-state index contributed by atoms with van der Waals surface area (Å²) < 4.78 is 0. The summed E-state index contributed by atoms with van der Waals surface area (Å²) in [6.45, 7) is 4.96. The molecule has 29 heavy (non-hydrogen) atoms. The summed E-state index contributed by atoms with van der Waals surface area (Å²) in [4.78, 5) is 20.3. The first-order valence-corrected chi connectivity index (χ1v) is 10.6. The molecule has 2 saturated carbocycles. The second-order valence-electron chi connectivity index (χ2n) is 8.81. The zero-order chi connectivity index (χ0) is 18.4. The van der Waals surface area contributed by atoms with E-state index in [2.05, 4.69) is 41.4 Å². The summed E-state index contributed by atoms with van der Waals surface area (Å²) in [5.41, 5.74) is 4.11. The molecular formula is C23H31Cl2N3O. The van der Waals surface area contributed by atoms with Crippen LogP contribution in [0.15, 0.2) is 24.3 Å². The second-order valence-corrected chi connectivity index (χ2v) is 8.81. The molecule has 2 heterocycles. The number of carbonyl (C=O) groups is 1. The fraction of sp³-hybridized carbons (Fsp3) is 0.565. The average Bonchev–Trinajstić information content (AvgIpc) is 3.59. The number of likely N-dealkylation sites (tertiary alicyclic amines) is 1. The van der Waals surface area contributed by atoms with E-state index >= 15 is 0 Å². The molecule has 1 amide bonds. The van der Waals surface area contributed by atoms with E-state index in [1.165, 1.54) is 31.2 Å². The van der Waals surface area contributed by atoms with Gasteiger partial charge in [0.1, 0.15) is 0 Å². The van der Waals surface area contributed by atoms with E-state index in [0.29, 0.717) is 12.0 Å². The predicted octanol–water partition coefficient (Wildman–Crippen LogP) is 4.87. The third-order valence-corrected chi connectivity index (χ3v) is 6.38. The smallest absolute Gasteiger partial charge is 0.254 e. The van der Waals surface area contributed by atoms with Crippen molar-refractivity contribution in [2.45, 2.75) is 57.4 Å². The molecule has 2 aromatic rings. The van der Waals surface area contributed by atoms with E-state index in [-0.39, 0.29) is 30.7 Å². The lowest BCUT2D eigenvalue weighted by Crippen LogP contribution is -2.45. The zero-order valence-electron chi connectivity index (χ0n) is 17.0. The number of nitrogens with zero attached hydrogens (tertiary/aromatic N) is 2. The van der Waals surface area contributed by atoms with Gasteiger partial charge in [-0.15, -0.1) is 24.8 Å². The molecule has 3 aliphatic rings. The quantitative estimate of drug-likeness (QED) is 0.728. The molecule has 0 bridgehead atoms. The number of halogens is 2. The fourth-order valence-corrected chi connectivity index (χ4v) is 4.24. The zero-order valence-corrected chi connectivity index (χ0v) is 18.7. The van der Waals surface area contributed by atoms with Crippen LogP contribution in [0.4, 0.5) is 0 Å². The minimum Gasteiger partial charge on any atom is -0.339 e. The Kier molecular flexibility index (Phi) is 7.08. The van der Waals surface area contributed by atoms with Crippen LogP contribution in [0.2, 0.25) is 0 Å². The van der Waals surface area contributed by atoms with Crippen molar-refractivity contribution in [1.29, 1.82) is 0 Å². The highest BCUT2D eigenvalue weighted by Gasteiger charge is 2.30. The summed E-state index contributed by atoms with van der Waals surface area (Å²) in [5, 5.41) is 4.72. The Morgan fingerprint density at radius 2 is 1.79 bits per heavy atom. The van der Waals surface area contributed by atoms with Gasteiger partial charge in [0, 0.05) is 36.1 Å². The minimum absolute atomic E-state index is 0. The largest absolute Gasteiger partial charge is 0.339 e. The molecule has 1 aromatic heterocycles. The Hall–Kier alpha value is -1.36. The van der Waals surface area contributed by atoms with Crippen molar-refractivity contribution < 1.29 is 4.79 Å². The number of fused-ring (bicyclic) bond motifs is 1. The first kappa shape index (κ1) is 22.3. The predicted molar refractivity (Wildman–Crippen MR) is 123 cm³/mol. The Balaban J connectivity index is 0.00000120. The van der Waals surface area contributed by atoms with Crippen molar-refractivity contribution in [2.24, 2.45) is 5.92 Å². The van der Waals surface area contributed by atoms with E-state index in [4.69, 9.17) is 4.98 Å². The topological polar surface area (TPSA) is 45.2 Å². The molecule has 1 N–H and O–H groups in total. The first-order valence-electron chi connectivity index (χ1n) is 10.6. The van der Waals surface area contributed by atoms with Gasteiger partial charge in [0.25, 0.3) is 5.91 Å². The first-order chi connectivity index (χ1) is 13.2. The fourth-order valence-electron chi connectivity index (χ4n) is 4.24. The summed E-state index contributed by atoms with van der Waals surface area (Å²) in [7, 11) is 0. The number of amides is 1. The number of piperidine rings is 1. The third-order valence-electron chi connectivity index (χ3n) is 6.38. The Morgan fingerprint density at radius 3 is 2.45 bits per heavy atom. The number of benzene rings is 1. The molecule has 5 rings (SSSR count). The molecule has 1 aliphatic heterocycles. The third kappa shape index (κ3) is 5.04. The van der Waals surface area contributed by atoms with Crippen LogP contribution in [0, 0.1) is 12.8 Å². The van der Waals surface area contributed by atoms with Crippen LogP contribution in [0.3, 0.4) is 0 Å². The molecule has 1 aromatic carbocycles. The van der Waals surface area contributed by atoms with Crippen molar-refractivity contribution in [2.75, 3.05) is 19.6 Å². The van der Waals surface area contributed by atoms with Gasteiger partial charge in [-0.3, -0.25) is 9.78 Å². The average molecular weight is 436 g/mol. The standard InChI is InChI=1S/C23H29N3O.2ClH/c1-15-2-7-21-19(12-15)20(13-22(25-21)17-5-6-17)23(27)26-10-8-18(9-11-26)24-14-16-3-4-16;;/h2,7,12-13,16-18,24H,3-6,8-11,14H2,1H3;2*1H. The summed E-state index contributed by atoms with van der Waals surface area (Å²) in [5.74, 6) is 1.66. The van der Waals surface area contributed by atoms with E-state index in [1.807, 2.05) is 0 Å². The lowest BCUT2D eigenvalue weighted by molar-refractivity contribution is 0.0707. The highest BCUT2D eigenvalue weighted by molar-refractivity contribution is 6.06. The molecule has 4 nitrogen and oxygen atoms in total. The van der Waals surface area contributed by atoms with E-state index in [0.717, 1.165) is 60.6 Å². The van der Waals surface area contributed by atoms with Gasteiger partial charge < -0.3 is 10.2 Å². The van der Waals surface area contributed by atoms with Gasteiger partial charge in [-0.25, -0.2) is 0 Å². The van der Waals surface area contributed by atoms with Crippen molar-refractivity contribution in [1.82, 2.24) is 15.2 Å². The Bertz CT molecular complexity index is 872. The summed E-state index contributed by atoms with van der Waals surface area (Å²) in [6.07, 6.45) is 7.32. The van der Waals surface area contributed by atoms with Gasteiger partial charge in [-0.1, -0.05) is 11.6 Å². The monoisotopic (exact) mass is 435 g/mol. The highest BCUT2D eigenvalue weighted by Crippen LogP contribution is 2.40. The van der Waals surface area contributed by atoms with Gasteiger partial charge >= 0.3 is 0 Å². The molecule has 3 fully saturated rings. The maximum absolute atomic E-state index is 13.4. The number of hydrogen-bond acceptors (Lipinski definition) is 3. The van der Waals surface area contributed by atoms with Crippen molar-refractivity contribution >= 4 is 41.6 Å². The van der Waals surface area contributed by atoms with Gasteiger partial charge in [-0.2, -0.15) is 0 Å². The lowest BCUT2D eigenvalue weighted by Gasteiger charge is -2.33. The van der Waals surface area contributed by atoms with Crippen molar-refractivity contribution in [3.63, 3.8) is 0 Å². The normalized spacial score (nSPS) is 19.6. The van der Waals surface area contributed by atoms with Crippen LogP contribution >= 0.6 is 24.8 Å². The van der Waals surface area contributed by atoms with Crippen LogP contribution in [0.5, 0.6) is 0 Å². The lowest BCUT2D eigenvalue weighted by atomic mass is 10.00. The molecule has 0 atom stereocenters. The number of aryl methyl sites for hydroxylation is 1. The highest BCUT2D eigenvalue weighted by atomic mass is 35.5. The molecular weight excluding hydrogens is 405 g/mol. The minimum atomic E-state index is 0. The molecule has 0 spiro atoms. The molecule has 158 valence electrons. The van der Waals surface area contributed by atoms with Crippen molar-refractivity contribution in [3.8, 4) is 0 Å². The second kappa shape index (κ2) is 9.20. The van der Waals surface area contributed by atoms with Gasteiger partial charge in [0.2, 0.25) is 0 Å². The van der Waals surface area contributed by atoms with E-state index < -0.39 is 0 Å². The number of carbonyl (C=O) groups excluding carboxylic acids is 1. The molecule has 6 heteroatoms. The number of pyridine rings is 1. The molecule has 1 saturated heterocycles. The molecule has 2 aliphatic carbocycles. The van der Waals surface area contributed by atoms with Crippen LogP contribution in [0.25, 0.3) is 10.9 Å². The van der Waals surface area contributed by atoms with Crippen LogP contribution in [0.1, 0.15) is 66.1 Å². The SMILES string of the molecule is Cc1ccc2nc(C3CC3)cc(C(=O)N3CCC(NCC4CC4)CC3)c2c1.Cl.Cl. The van der Waals surface area contributed by atoms with Crippen LogP contribution < -0.4 is 5.32 Å². The number of aromatic nitrogens is 1. The van der Waals surface area contributed by atoms with Gasteiger partial charge in [0.05, 0.1) is 11.1 Å². The maximum Gasteiger partial charge on any atom is 0.254 e. The van der Waals surface area contributed by atoms with Gasteiger partial charge in [-0.05, 0) is 76.1 Å². The van der Waals surface area contributed by atoms with E-state index in [9.17, 15) is 4.79 Å². The van der Waals surface area contributed by atoms with Crippen molar-refractivity contribution in [3.05, 3.63) is 41.1 Å². The Labute approximate surface area is 185 Å². The Morgan fingerprint density at radius 1 is 1.07 bits per heavy atom. The van der Waals surface area contributed by atoms with E-state index in [1.54, 1.807) is 0 Å². The maximum atomic E-state index is 13.4. The number of hydrogen-bond donors (Lipinski definition) is 1. The van der Waals surface area contributed by atoms with Crippen LogP contribution in [-0.2, 0) is 0 Å². The summed E-state index contributed by atoms with van der Waals surface area (Å²) in [6, 6.07) is 8.95. The molecule has 0 unspecified atom stereocenters. The molecule has 0 radical (unpaired) electrons. The van der Waals surface area contributed by atoms with Crippen LogP contribution in [-0.4, -0.2) is 41.5 Å². The number of nitrogens with one attached hydrogen (secondary N) is 1. The van der Waals surface area contributed by atoms with Gasteiger partial charge in [0.15, 0.2) is 0 Å². The summed E-state index contributed by atoms with van der Waals surface area (Å²) >= 11 is 0.